The smallest absolute Gasteiger partial charge is 0.453 e. The second-order valence-corrected chi connectivity index (χ2v) is 5.86. The van der Waals surface area contributed by atoms with Gasteiger partial charge in [-0.2, -0.15) is 17.7 Å². The fourth-order valence-electron chi connectivity index (χ4n) is 2.43. The van der Waals surface area contributed by atoms with E-state index in [4.69, 9.17) is 4.74 Å². The second kappa shape index (κ2) is 7.19. The van der Waals surface area contributed by atoms with E-state index in [2.05, 4.69) is 20.6 Å². The Bertz CT molecular complexity index is 893. The van der Waals surface area contributed by atoms with Crippen LogP contribution >= 0.6 is 0 Å². The highest BCUT2D eigenvalue weighted by Gasteiger charge is 2.37. The van der Waals surface area contributed by atoms with Crippen LogP contribution in [0.3, 0.4) is 0 Å². The van der Waals surface area contributed by atoms with E-state index in [1.54, 1.807) is 6.07 Å². The van der Waals surface area contributed by atoms with Crippen LogP contribution in [0.5, 0.6) is 5.75 Å². The van der Waals surface area contributed by atoms with Crippen LogP contribution in [0.15, 0.2) is 36.4 Å². The molecule has 3 rings (SSSR count). The summed E-state index contributed by atoms with van der Waals surface area (Å²) >= 11 is 0. The second-order valence-electron chi connectivity index (χ2n) is 5.86. The quantitative estimate of drug-likeness (QED) is 0.721. The maximum atomic E-state index is 12.9. The number of ether oxygens (including phenoxy) is 1. The van der Waals surface area contributed by atoms with Crippen molar-refractivity contribution in [2.45, 2.75) is 32.5 Å². The largest absolute Gasteiger partial charge is 0.489 e. The van der Waals surface area contributed by atoms with E-state index in [1.807, 2.05) is 38.1 Å². The summed E-state index contributed by atoms with van der Waals surface area (Å²) in [6.45, 7) is 4.34. The molecule has 0 saturated carbocycles. The molecule has 0 radical (unpaired) electrons. The van der Waals surface area contributed by atoms with Crippen molar-refractivity contribution >= 4 is 11.5 Å². The number of nitrogens with zero attached hydrogens (tertiary/aromatic N) is 4. The first-order valence-electron chi connectivity index (χ1n) is 8.13. The van der Waals surface area contributed by atoms with Gasteiger partial charge in [0.05, 0.1) is 6.54 Å². The zero-order valence-corrected chi connectivity index (χ0v) is 14.3. The lowest BCUT2D eigenvalue weighted by Gasteiger charge is -2.18. The van der Waals surface area contributed by atoms with Crippen LogP contribution in [-0.2, 0) is 6.18 Å². The molecule has 1 aromatic carbocycles. The zero-order chi connectivity index (χ0) is 18.7. The molecular formula is C17H18F3N5O. The molecule has 0 spiro atoms. The van der Waals surface area contributed by atoms with Gasteiger partial charge in [0.1, 0.15) is 17.7 Å². The summed E-state index contributed by atoms with van der Waals surface area (Å²) < 4.78 is 45.4. The lowest BCUT2D eigenvalue weighted by atomic mass is 10.2. The normalized spacial score (nSPS) is 13.0. The van der Waals surface area contributed by atoms with E-state index >= 15 is 0 Å². The summed E-state index contributed by atoms with van der Waals surface area (Å²) in [5.41, 5.74) is 1.12. The first kappa shape index (κ1) is 18.0. The summed E-state index contributed by atoms with van der Waals surface area (Å²) in [7, 11) is 0. The van der Waals surface area contributed by atoms with E-state index in [0.717, 1.165) is 17.7 Å². The predicted octanol–water partition coefficient (Wildman–Crippen LogP) is 3.72. The van der Waals surface area contributed by atoms with Crippen LogP contribution in [0, 0.1) is 6.92 Å². The van der Waals surface area contributed by atoms with Crippen LogP contribution in [0.2, 0.25) is 0 Å². The molecule has 9 heteroatoms. The number of hydrogen-bond acceptors (Lipinski definition) is 5. The van der Waals surface area contributed by atoms with Crippen molar-refractivity contribution in [3.8, 4) is 5.75 Å². The van der Waals surface area contributed by atoms with Crippen molar-refractivity contribution in [2.24, 2.45) is 0 Å². The molecule has 3 aromatic rings. The number of nitrogens with one attached hydrogen (secondary N) is 1. The highest BCUT2D eigenvalue weighted by Crippen LogP contribution is 2.27. The first-order chi connectivity index (χ1) is 12.4. The third-order valence-corrected chi connectivity index (χ3v) is 3.77. The summed E-state index contributed by atoms with van der Waals surface area (Å²) in [6.07, 6.45) is -4.05. The molecule has 0 aliphatic carbocycles. The number of rotatable bonds is 6. The molecule has 0 bridgehead atoms. The van der Waals surface area contributed by atoms with Gasteiger partial charge < -0.3 is 10.1 Å². The molecule has 0 fully saturated rings. The fourth-order valence-corrected chi connectivity index (χ4v) is 2.43. The van der Waals surface area contributed by atoms with E-state index in [9.17, 15) is 13.2 Å². The van der Waals surface area contributed by atoms with Crippen LogP contribution < -0.4 is 10.1 Å². The number of alkyl halides is 3. The van der Waals surface area contributed by atoms with Gasteiger partial charge in [-0.1, -0.05) is 19.1 Å². The SMILES string of the molecule is CCC(CNc1ccc2nnc(C(F)(F)F)n2n1)Oc1cccc(C)c1. The monoisotopic (exact) mass is 365 g/mol. The minimum absolute atomic E-state index is 0.0333. The van der Waals surface area contributed by atoms with Gasteiger partial charge in [0.15, 0.2) is 5.65 Å². The Balaban J connectivity index is 1.71. The maximum absolute atomic E-state index is 12.9. The minimum atomic E-state index is -4.62. The molecule has 1 N–H and O–H groups in total. The number of benzene rings is 1. The van der Waals surface area contributed by atoms with Crippen molar-refractivity contribution < 1.29 is 17.9 Å². The summed E-state index contributed by atoms with van der Waals surface area (Å²) in [5, 5.41) is 13.6. The minimum Gasteiger partial charge on any atom is -0.489 e. The molecule has 0 amide bonds. The number of anilines is 1. The Kier molecular flexibility index (Phi) is 4.97. The molecule has 1 atom stereocenters. The lowest BCUT2D eigenvalue weighted by Crippen LogP contribution is -2.26. The van der Waals surface area contributed by atoms with E-state index < -0.39 is 12.0 Å². The number of fused-ring (bicyclic) bond motifs is 1. The van der Waals surface area contributed by atoms with Gasteiger partial charge in [0.2, 0.25) is 0 Å². The average Bonchev–Trinajstić information content (AvgIpc) is 3.02. The molecule has 2 heterocycles. The molecule has 0 saturated heterocycles. The van der Waals surface area contributed by atoms with Gasteiger partial charge in [0.25, 0.3) is 5.82 Å². The standard InChI is InChI=1S/C17H18F3N5O/c1-3-12(26-13-6-4-5-11(2)9-13)10-21-14-7-8-15-22-23-16(17(18,19)20)25(15)24-14/h4-9,12H,3,10H2,1-2H3,(H,21,24). The van der Waals surface area contributed by atoms with Crippen LogP contribution in [-0.4, -0.2) is 32.5 Å². The highest BCUT2D eigenvalue weighted by atomic mass is 19.4. The Morgan fingerprint density at radius 3 is 2.69 bits per heavy atom. The van der Waals surface area contributed by atoms with Crippen LogP contribution in [0.4, 0.5) is 19.0 Å². The molecule has 0 aliphatic heterocycles. The fraction of sp³-hybridized carbons (Fsp3) is 0.353. The van der Waals surface area contributed by atoms with Crippen LogP contribution in [0.25, 0.3) is 5.65 Å². The van der Waals surface area contributed by atoms with Crippen LogP contribution in [0.1, 0.15) is 24.7 Å². The number of halogens is 3. The number of aryl methyl sites for hydroxylation is 1. The third kappa shape index (κ3) is 4.04. The zero-order valence-electron chi connectivity index (χ0n) is 14.3. The molecule has 138 valence electrons. The topological polar surface area (TPSA) is 64.3 Å². The summed E-state index contributed by atoms with van der Waals surface area (Å²) in [6, 6.07) is 10.7. The maximum Gasteiger partial charge on any atom is 0.453 e. The molecule has 6 nitrogen and oxygen atoms in total. The van der Waals surface area contributed by atoms with E-state index in [-0.39, 0.29) is 17.6 Å². The Labute approximate surface area is 148 Å². The molecule has 0 aliphatic rings. The summed E-state index contributed by atoms with van der Waals surface area (Å²) in [5.74, 6) is -0.117. The van der Waals surface area contributed by atoms with Crippen molar-refractivity contribution in [3.63, 3.8) is 0 Å². The molecule has 2 aromatic heterocycles. The van der Waals surface area contributed by atoms with Gasteiger partial charge in [0, 0.05) is 0 Å². The Morgan fingerprint density at radius 2 is 2.00 bits per heavy atom. The Morgan fingerprint density at radius 1 is 1.19 bits per heavy atom. The Hall–Kier alpha value is -2.84. The van der Waals surface area contributed by atoms with E-state index in [1.165, 1.54) is 6.07 Å². The molecular weight excluding hydrogens is 347 g/mol. The van der Waals surface area contributed by atoms with Gasteiger partial charge in [-0.15, -0.1) is 15.3 Å². The van der Waals surface area contributed by atoms with Crippen molar-refractivity contribution in [3.05, 3.63) is 47.8 Å². The van der Waals surface area contributed by atoms with Gasteiger partial charge in [-0.05, 0) is 43.2 Å². The van der Waals surface area contributed by atoms with Crippen molar-refractivity contribution in [1.29, 1.82) is 0 Å². The molecule has 26 heavy (non-hydrogen) atoms. The third-order valence-electron chi connectivity index (χ3n) is 3.77. The summed E-state index contributed by atoms with van der Waals surface area (Å²) in [4.78, 5) is 0. The number of aromatic nitrogens is 4. The van der Waals surface area contributed by atoms with Crippen molar-refractivity contribution in [1.82, 2.24) is 19.8 Å². The average molecular weight is 365 g/mol. The van der Waals surface area contributed by atoms with E-state index in [0.29, 0.717) is 11.1 Å². The predicted molar refractivity (Wildman–Crippen MR) is 90.2 cm³/mol. The number of hydrogen-bond donors (Lipinski definition) is 1. The van der Waals surface area contributed by atoms with Crippen molar-refractivity contribution in [2.75, 3.05) is 11.9 Å². The lowest BCUT2D eigenvalue weighted by molar-refractivity contribution is -0.146. The van der Waals surface area contributed by atoms with Gasteiger partial charge in [-0.3, -0.25) is 0 Å². The first-order valence-corrected chi connectivity index (χ1v) is 8.13. The van der Waals surface area contributed by atoms with Gasteiger partial charge >= 0.3 is 6.18 Å². The van der Waals surface area contributed by atoms with Gasteiger partial charge in [-0.25, -0.2) is 0 Å². The highest BCUT2D eigenvalue weighted by molar-refractivity contribution is 5.44. The molecule has 1 unspecified atom stereocenters.